The van der Waals surface area contributed by atoms with Gasteiger partial charge in [0, 0.05) is 39.8 Å². The number of morpholine rings is 1. The summed E-state index contributed by atoms with van der Waals surface area (Å²) in [5.74, 6) is -0.370. The second kappa shape index (κ2) is 9.44. The molecule has 10 heteroatoms. The predicted octanol–water partition coefficient (Wildman–Crippen LogP) is -0.265. The maximum atomic E-state index is 12.7. The van der Waals surface area contributed by atoms with Gasteiger partial charge in [0.2, 0.25) is 10.0 Å². The van der Waals surface area contributed by atoms with Gasteiger partial charge in [-0.1, -0.05) is 0 Å². The Bertz CT molecular complexity index is 626. The molecule has 0 spiro atoms. The number of carbonyl (C=O) groups excluding carboxylic acids is 1. The van der Waals surface area contributed by atoms with Gasteiger partial charge in [0.1, 0.15) is 9.77 Å². The van der Waals surface area contributed by atoms with Gasteiger partial charge in [-0.05, 0) is 11.4 Å². The van der Waals surface area contributed by atoms with Crippen molar-refractivity contribution in [1.82, 2.24) is 14.9 Å². The van der Waals surface area contributed by atoms with Crippen LogP contribution in [0.5, 0.6) is 0 Å². The van der Waals surface area contributed by atoms with E-state index in [2.05, 4.69) is 10.6 Å². The van der Waals surface area contributed by atoms with Gasteiger partial charge in [0.15, 0.2) is 0 Å². The van der Waals surface area contributed by atoms with Gasteiger partial charge in [-0.15, -0.1) is 11.3 Å². The molecular weight excluding hydrogens is 354 g/mol. The van der Waals surface area contributed by atoms with E-state index in [1.807, 2.05) is 0 Å². The number of ether oxygens (including phenoxy) is 2. The van der Waals surface area contributed by atoms with Gasteiger partial charge in [-0.2, -0.15) is 4.31 Å². The van der Waals surface area contributed by atoms with Crippen LogP contribution < -0.4 is 10.6 Å². The van der Waals surface area contributed by atoms with Crippen molar-refractivity contribution < 1.29 is 22.7 Å². The first kappa shape index (κ1) is 19.3. The summed E-state index contributed by atoms with van der Waals surface area (Å²) in [4.78, 5) is 12.6. The average Bonchev–Trinajstić information content (AvgIpc) is 3.09. The molecule has 0 aliphatic carbocycles. The Hall–Kier alpha value is -1.04. The summed E-state index contributed by atoms with van der Waals surface area (Å²) in [6.45, 7) is 3.66. The van der Waals surface area contributed by atoms with Crippen LogP contribution in [0.3, 0.4) is 0 Å². The number of nitrogens with one attached hydrogen (secondary N) is 2. The van der Waals surface area contributed by atoms with Crippen molar-refractivity contribution in [3.8, 4) is 0 Å². The highest BCUT2D eigenvalue weighted by molar-refractivity contribution is 7.89. The third-order valence-electron chi connectivity index (χ3n) is 3.49. The molecule has 2 N–H and O–H groups in total. The highest BCUT2D eigenvalue weighted by atomic mass is 32.2. The van der Waals surface area contributed by atoms with E-state index in [4.69, 9.17) is 9.47 Å². The second-order valence-electron chi connectivity index (χ2n) is 5.13. The van der Waals surface area contributed by atoms with E-state index in [0.717, 1.165) is 11.3 Å². The fraction of sp³-hybridized carbons (Fsp3) is 0.643. The number of sulfonamides is 1. The lowest BCUT2D eigenvalue weighted by Gasteiger charge is -2.26. The van der Waals surface area contributed by atoms with Crippen molar-refractivity contribution in [3.05, 3.63) is 16.3 Å². The van der Waals surface area contributed by atoms with Gasteiger partial charge in [-0.3, -0.25) is 4.79 Å². The SMILES string of the molecule is COCCNCCNC(=O)c1sccc1S(=O)(=O)N1CCOCC1. The van der Waals surface area contributed by atoms with Crippen molar-refractivity contribution in [1.29, 1.82) is 0 Å². The van der Waals surface area contributed by atoms with Gasteiger partial charge in [-0.25, -0.2) is 8.42 Å². The summed E-state index contributed by atoms with van der Waals surface area (Å²) in [5.41, 5.74) is 0. The Labute approximate surface area is 146 Å². The maximum Gasteiger partial charge on any atom is 0.262 e. The quantitative estimate of drug-likeness (QED) is 0.576. The first-order chi connectivity index (χ1) is 11.6. The van der Waals surface area contributed by atoms with Crippen LogP contribution in [0, 0.1) is 0 Å². The Morgan fingerprint density at radius 3 is 2.79 bits per heavy atom. The minimum Gasteiger partial charge on any atom is -0.383 e. The predicted molar refractivity (Wildman–Crippen MR) is 91.0 cm³/mol. The van der Waals surface area contributed by atoms with Crippen LogP contribution in [0.1, 0.15) is 9.67 Å². The molecule has 0 unspecified atom stereocenters. The summed E-state index contributed by atoms with van der Waals surface area (Å²) in [7, 11) is -2.04. The topological polar surface area (TPSA) is 97.0 Å². The van der Waals surface area contributed by atoms with Crippen molar-refractivity contribution in [2.75, 3.05) is 59.7 Å². The molecule has 2 heterocycles. The van der Waals surface area contributed by atoms with Crippen molar-refractivity contribution in [2.24, 2.45) is 0 Å². The number of hydrogen-bond donors (Lipinski definition) is 2. The van der Waals surface area contributed by atoms with E-state index in [0.29, 0.717) is 52.5 Å². The molecule has 24 heavy (non-hydrogen) atoms. The lowest BCUT2D eigenvalue weighted by molar-refractivity contribution is 0.0730. The van der Waals surface area contributed by atoms with E-state index in [-0.39, 0.29) is 15.7 Å². The first-order valence-corrected chi connectivity index (χ1v) is 10.0. The molecule has 2 rings (SSSR count). The largest absolute Gasteiger partial charge is 0.383 e. The Balaban J connectivity index is 1.95. The second-order valence-corrected chi connectivity index (χ2v) is 7.95. The summed E-state index contributed by atoms with van der Waals surface area (Å²) < 4.78 is 36.8. The minimum absolute atomic E-state index is 0.0687. The lowest BCUT2D eigenvalue weighted by atomic mass is 10.4. The van der Waals surface area contributed by atoms with Gasteiger partial charge in [0.05, 0.1) is 19.8 Å². The molecule has 0 atom stereocenters. The van der Waals surface area contributed by atoms with E-state index in [9.17, 15) is 13.2 Å². The minimum atomic E-state index is -3.67. The van der Waals surface area contributed by atoms with Crippen molar-refractivity contribution >= 4 is 27.3 Å². The molecule has 0 saturated carbocycles. The summed E-state index contributed by atoms with van der Waals surface area (Å²) >= 11 is 1.13. The molecule has 0 radical (unpaired) electrons. The molecular formula is C14H23N3O5S2. The number of thiophene rings is 1. The van der Waals surface area contributed by atoms with E-state index < -0.39 is 10.0 Å². The average molecular weight is 377 g/mol. The summed E-state index contributed by atoms with van der Waals surface area (Å²) in [5, 5.41) is 7.47. The number of hydrogen-bond acceptors (Lipinski definition) is 7. The zero-order valence-electron chi connectivity index (χ0n) is 13.6. The van der Waals surface area contributed by atoms with E-state index in [1.54, 1.807) is 12.5 Å². The molecule has 1 aliphatic heterocycles. The molecule has 0 aromatic carbocycles. The molecule has 1 aromatic rings. The standard InChI is InChI=1S/C14H23N3O5S2/c1-21-8-5-15-3-4-16-14(18)13-12(2-11-23-13)24(19,20)17-6-9-22-10-7-17/h2,11,15H,3-10H2,1H3,(H,16,18). The van der Waals surface area contributed by atoms with Crippen LogP contribution >= 0.6 is 11.3 Å². The normalized spacial score (nSPS) is 16.2. The Morgan fingerprint density at radius 1 is 1.33 bits per heavy atom. The molecule has 136 valence electrons. The highest BCUT2D eigenvalue weighted by Crippen LogP contribution is 2.25. The van der Waals surface area contributed by atoms with Crippen LogP contribution in [-0.4, -0.2) is 78.3 Å². The van der Waals surface area contributed by atoms with Crippen LogP contribution in [0.4, 0.5) is 0 Å². The van der Waals surface area contributed by atoms with Crippen LogP contribution in [0.15, 0.2) is 16.3 Å². The highest BCUT2D eigenvalue weighted by Gasteiger charge is 2.31. The Morgan fingerprint density at radius 2 is 2.08 bits per heavy atom. The monoisotopic (exact) mass is 377 g/mol. The molecule has 8 nitrogen and oxygen atoms in total. The van der Waals surface area contributed by atoms with Crippen molar-refractivity contribution in [3.63, 3.8) is 0 Å². The molecule has 0 bridgehead atoms. The number of methoxy groups -OCH3 is 1. The number of amides is 1. The van der Waals surface area contributed by atoms with E-state index >= 15 is 0 Å². The van der Waals surface area contributed by atoms with Gasteiger partial charge >= 0.3 is 0 Å². The zero-order valence-corrected chi connectivity index (χ0v) is 15.2. The van der Waals surface area contributed by atoms with Crippen LogP contribution in [0.25, 0.3) is 0 Å². The van der Waals surface area contributed by atoms with Gasteiger partial charge < -0.3 is 20.1 Å². The molecule has 1 aromatic heterocycles. The molecule has 1 saturated heterocycles. The van der Waals surface area contributed by atoms with Crippen LogP contribution in [-0.2, 0) is 19.5 Å². The molecule has 1 aliphatic rings. The molecule has 1 amide bonds. The molecule has 1 fully saturated rings. The van der Waals surface area contributed by atoms with E-state index in [1.165, 1.54) is 10.4 Å². The number of rotatable bonds is 9. The maximum absolute atomic E-state index is 12.7. The lowest BCUT2D eigenvalue weighted by Crippen LogP contribution is -2.41. The Kier molecular flexibility index (Phi) is 7.59. The van der Waals surface area contributed by atoms with Crippen molar-refractivity contribution in [2.45, 2.75) is 4.90 Å². The van der Waals surface area contributed by atoms with Gasteiger partial charge in [0.25, 0.3) is 5.91 Å². The smallest absolute Gasteiger partial charge is 0.262 e. The summed E-state index contributed by atoms with van der Waals surface area (Å²) in [6.07, 6.45) is 0. The van der Waals surface area contributed by atoms with Crippen LogP contribution in [0.2, 0.25) is 0 Å². The fourth-order valence-corrected chi connectivity index (χ4v) is 4.96. The first-order valence-electron chi connectivity index (χ1n) is 7.70. The number of nitrogens with zero attached hydrogens (tertiary/aromatic N) is 1. The third-order valence-corrected chi connectivity index (χ3v) is 6.48. The third kappa shape index (κ3) is 4.98. The fourth-order valence-electron chi connectivity index (χ4n) is 2.24. The summed E-state index contributed by atoms with van der Waals surface area (Å²) in [6, 6.07) is 1.49. The number of carbonyl (C=O) groups is 1. The zero-order chi connectivity index (χ0) is 17.4.